The van der Waals surface area contributed by atoms with Crippen molar-refractivity contribution in [3.8, 4) is 5.69 Å². The monoisotopic (exact) mass is 259 g/mol. The molecule has 0 unspecified atom stereocenters. The summed E-state index contributed by atoms with van der Waals surface area (Å²) in [6.07, 6.45) is 1.41. The Morgan fingerprint density at radius 1 is 1.32 bits per heavy atom. The van der Waals surface area contributed by atoms with Crippen molar-refractivity contribution in [1.29, 1.82) is 0 Å². The number of anilines is 1. The van der Waals surface area contributed by atoms with E-state index in [2.05, 4.69) is 10.1 Å². The van der Waals surface area contributed by atoms with Gasteiger partial charge in [0.15, 0.2) is 5.82 Å². The minimum absolute atomic E-state index is 0.349. The van der Waals surface area contributed by atoms with Crippen LogP contribution in [0.5, 0.6) is 0 Å². The Morgan fingerprint density at radius 2 is 2.05 bits per heavy atom. The van der Waals surface area contributed by atoms with Crippen LogP contribution in [-0.4, -0.2) is 20.7 Å². The molecule has 4 N–H and O–H groups in total. The van der Waals surface area contributed by atoms with Crippen LogP contribution in [0, 0.1) is 0 Å². The molecule has 0 fully saturated rings. The molecule has 1 amide bonds. The molecule has 0 atom stereocenters. The lowest BCUT2D eigenvalue weighted by atomic mass is 10.1. The number of hydrogen-bond donors (Lipinski definition) is 2. The van der Waals surface area contributed by atoms with E-state index < -0.39 is 5.91 Å². The van der Waals surface area contributed by atoms with Gasteiger partial charge in [-0.05, 0) is 12.1 Å². The smallest absolute Gasteiger partial charge is 0.250 e. The largest absolute Gasteiger partial charge is 0.397 e. The standard InChI is InChI=1S/C13H17N5O/c1-3-10-16-11(4-2)18(17-10)12-8(13(15)19)6-5-7-9(12)14/h5-7H,3-4,14H2,1-2H3,(H2,15,19). The Bertz CT molecular complexity index is 617. The number of aromatic nitrogens is 3. The van der Waals surface area contributed by atoms with Gasteiger partial charge in [-0.2, -0.15) is 5.10 Å². The van der Waals surface area contributed by atoms with E-state index >= 15 is 0 Å². The van der Waals surface area contributed by atoms with Crippen LogP contribution in [-0.2, 0) is 12.8 Å². The number of amides is 1. The Labute approximate surface area is 111 Å². The first-order valence-electron chi connectivity index (χ1n) is 6.21. The highest BCUT2D eigenvalue weighted by molar-refractivity contribution is 5.98. The molecule has 0 aliphatic rings. The molecule has 0 radical (unpaired) electrons. The quantitative estimate of drug-likeness (QED) is 0.802. The van der Waals surface area contributed by atoms with Gasteiger partial charge in [-0.1, -0.05) is 19.9 Å². The number of benzene rings is 1. The van der Waals surface area contributed by atoms with Crippen LogP contribution in [0.25, 0.3) is 5.69 Å². The molecule has 0 spiro atoms. The van der Waals surface area contributed by atoms with Crippen molar-refractivity contribution in [1.82, 2.24) is 14.8 Å². The normalized spacial score (nSPS) is 10.6. The van der Waals surface area contributed by atoms with Crippen molar-refractivity contribution in [2.45, 2.75) is 26.7 Å². The number of rotatable bonds is 4. The lowest BCUT2D eigenvalue weighted by molar-refractivity contribution is 0.1000. The minimum Gasteiger partial charge on any atom is -0.397 e. The zero-order valence-corrected chi connectivity index (χ0v) is 11.1. The summed E-state index contributed by atoms with van der Waals surface area (Å²) in [5, 5.41) is 4.39. The van der Waals surface area contributed by atoms with Crippen LogP contribution in [0.4, 0.5) is 5.69 Å². The van der Waals surface area contributed by atoms with Gasteiger partial charge in [0.05, 0.1) is 11.3 Å². The molecule has 6 nitrogen and oxygen atoms in total. The fourth-order valence-electron chi connectivity index (χ4n) is 1.95. The number of nitrogens with two attached hydrogens (primary N) is 2. The van der Waals surface area contributed by atoms with Crippen molar-refractivity contribution >= 4 is 11.6 Å². The van der Waals surface area contributed by atoms with Gasteiger partial charge in [0.1, 0.15) is 11.5 Å². The van der Waals surface area contributed by atoms with Crippen LogP contribution in [0.3, 0.4) is 0 Å². The summed E-state index contributed by atoms with van der Waals surface area (Å²) >= 11 is 0. The maximum atomic E-state index is 11.5. The molecule has 2 rings (SSSR count). The van der Waals surface area contributed by atoms with Crippen molar-refractivity contribution in [2.24, 2.45) is 5.73 Å². The summed E-state index contributed by atoms with van der Waals surface area (Å²) in [5.41, 5.74) is 12.7. The molecular weight excluding hydrogens is 242 g/mol. The van der Waals surface area contributed by atoms with E-state index in [9.17, 15) is 4.79 Å². The van der Waals surface area contributed by atoms with E-state index in [1.165, 1.54) is 0 Å². The van der Waals surface area contributed by atoms with Gasteiger partial charge in [-0.25, -0.2) is 9.67 Å². The molecule has 1 aromatic heterocycles. The summed E-state index contributed by atoms with van der Waals surface area (Å²) in [7, 11) is 0. The van der Waals surface area contributed by atoms with E-state index in [0.29, 0.717) is 23.4 Å². The molecule has 19 heavy (non-hydrogen) atoms. The Hall–Kier alpha value is -2.37. The summed E-state index contributed by atoms with van der Waals surface area (Å²) in [5.74, 6) is 0.950. The maximum absolute atomic E-state index is 11.5. The predicted octanol–water partition coefficient (Wildman–Crippen LogP) is 1.07. The lowest BCUT2D eigenvalue weighted by Gasteiger charge is -2.11. The number of para-hydroxylation sites is 1. The number of carbonyl (C=O) groups excluding carboxylic acids is 1. The predicted molar refractivity (Wildman–Crippen MR) is 73.0 cm³/mol. The summed E-state index contributed by atoms with van der Waals surface area (Å²) < 4.78 is 1.62. The molecule has 6 heteroatoms. The second-order valence-electron chi connectivity index (χ2n) is 4.17. The van der Waals surface area contributed by atoms with Crippen LogP contribution in [0.2, 0.25) is 0 Å². The molecule has 0 saturated carbocycles. The van der Waals surface area contributed by atoms with Crippen molar-refractivity contribution in [3.05, 3.63) is 35.4 Å². The third-order valence-corrected chi connectivity index (χ3v) is 2.89. The highest BCUT2D eigenvalue weighted by Gasteiger charge is 2.17. The van der Waals surface area contributed by atoms with Crippen molar-refractivity contribution in [2.75, 3.05) is 5.73 Å². The van der Waals surface area contributed by atoms with Gasteiger partial charge in [0.2, 0.25) is 0 Å². The van der Waals surface area contributed by atoms with Crippen LogP contribution in [0.15, 0.2) is 18.2 Å². The second-order valence-corrected chi connectivity index (χ2v) is 4.17. The first-order valence-corrected chi connectivity index (χ1v) is 6.21. The first-order chi connectivity index (χ1) is 9.08. The molecular formula is C13H17N5O. The highest BCUT2D eigenvalue weighted by atomic mass is 16.1. The zero-order chi connectivity index (χ0) is 14.0. The van der Waals surface area contributed by atoms with Gasteiger partial charge < -0.3 is 11.5 Å². The van der Waals surface area contributed by atoms with E-state index in [1.54, 1.807) is 22.9 Å². The third kappa shape index (κ3) is 2.29. The van der Waals surface area contributed by atoms with E-state index in [0.717, 1.165) is 18.1 Å². The summed E-state index contributed by atoms with van der Waals surface area (Å²) in [6.45, 7) is 3.95. The molecule has 0 aliphatic heterocycles. The molecule has 2 aromatic rings. The van der Waals surface area contributed by atoms with Gasteiger partial charge >= 0.3 is 0 Å². The fraction of sp³-hybridized carbons (Fsp3) is 0.308. The summed E-state index contributed by atoms with van der Waals surface area (Å²) in [4.78, 5) is 15.9. The SMILES string of the molecule is CCc1nc(CC)n(-c2c(N)cccc2C(N)=O)n1. The number of carbonyl (C=O) groups is 1. The second kappa shape index (κ2) is 5.09. The van der Waals surface area contributed by atoms with Crippen molar-refractivity contribution < 1.29 is 4.79 Å². The van der Waals surface area contributed by atoms with Crippen LogP contribution >= 0.6 is 0 Å². The molecule has 0 saturated heterocycles. The fourth-order valence-corrected chi connectivity index (χ4v) is 1.95. The number of nitrogens with zero attached hydrogens (tertiary/aromatic N) is 3. The maximum Gasteiger partial charge on any atom is 0.250 e. The molecule has 1 heterocycles. The van der Waals surface area contributed by atoms with Crippen LogP contribution in [0.1, 0.15) is 35.9 Å². The molecule has 1 aromatic carbocycles. The average Bonchev–Trinajstić information content (AvgIpc) is 2.81. The van der Waals surface area contributed by atoms with Crippen molar-refractivity contribution in [3.63, 3.8) is 0 Å². The molecule has 0 aliphatic carbocycles. The Balaban J connectivity index is 2.70. The number of hydrogen-bond acceptors (Lipinski definition) is 4. The first kappa shape index (κ1) is 13.1. The Kier molecular flexibility index (Phi) is 3.50. The van der Waals surface area contributed by atoms with E-state index in [-0.39, 0.29) is 0 Å². The summed E-state index contributed by atoms with van der Waals surface area (Å²) in [6, 6.07) is 5.05. The van der Waals surface area contributed by atoms with E-state index in [1.807, 2.05) is 13.8 Å². The van der Waals surface area contributed by atoms with Gasteiger partial charge in [0.25, 0.3) is 5.91 Å². The molecule has 100 valence electrons. The minimum atomic E-state index is -0.530. The Morgan fingerprint density at radius 3 is 2.63 bits per heavy atom. The third-order valence-electron chi connectivity index (χ3n) is 2.89. The zero-order valence-electron chi connectivity index (χ0n) is 11.1. The lowest BCUT2D eigenvalue weighted by Crippen LogP contribution is -2.17. The van der Waals surface area contributed by atoms with Gasteiger partial charge in [-0.15, -0.1) is 0 Å². The van der Waals surface area contributed by atoms with Crippen LogP contribution < -0.4 is 11.5 Å². The average molecular weight is 259 g/mol. The van der Waals surface area contributed by atoms with Gasteiger partial charge in [-0.3, -0.25) is 4.79 Å². The van der Waals surface area contributed by atoms with E-state index in [4.69, 9.17) is 11.5 Å². The topological polar surface area (TPSA) is 99.8 Å². The number of aryl methyl sites for hydroxylation is 2. The highest BCUT2D eigenvalue weighted by Crippen LogP contribution is 2.22. The van der Waals surface area contributed by atoms with Gasteiger partial charge in [0, 0.05) is 12.8 Å². The number of primary amides is 1. The molecule has 0 bridgehead atoms. The number of nitrogen functional groups attached to an aromatic ring is 1.